The van der Waals surface area contributed by atoms with E-state index in [1.54, 1.807) is 16.7 Å². The van der Waals surface area contributed by atoms with Crippen molar-refractivity contribution in [2.24, 2.45) is 0 Å². The van der Waals surface area contributed by atoms with Crippen molar-refractivity contribution in [3.8, 4) is 0 Å². The Morgan fingerprint density at radius 1 is 1.40 bits per heavy atom. The van der Waals surface area contributed by atoms with Crippen molar-refractivity contribution in [2.45, 2.75) is 18.4 Å². The maximum atomic E-state index is 12.9. The Hall–Kier alpha value is -0.360. The molecule has 0 aromatic carbocycles. The van der Waals surface area contributed by atoms with E-state index in [0.29, 0.717) is 13.1 Å². The molecule has 1 N–H and O–H groups in total. The normalized spacial score (nSPS) is 30.5. The molecule has 0 unspecified atom stereocenters. The number of alkyl halides is 2. The van der Waals surface area contributed by atoms with Crippen molar-refractivity contribution in [2.75, 3.05) is 31.1 Å². The molecular formula is C9H14F2N2OS. The van der Waals surface area contributed by atoms with Crippen LogP contribution < -0.4 is 5.32 Å². The van der Waals surface area contributed by atoms with E-state index in [-0.39, 0.29) is 18.9 Å². The summed E-state index contributed by atoms with van der Waals surface area (Å²) in [5.41, 5.74) is 0. The van der Waals surface area contributed by atoms with Crippen LogP contribution in [0.3, 0.4) is 0 Å². The summed E-state index contributed by atoms with van der Waals surface area (Å²) in [6.45, 7) is 1.01. The van der Waals surface area contributed by atoms with Gasteiger partial charge < -0.3 is 4.90 Å². The first-order valence-electron chi connectivity index (χ1n) is 5.06. The van der Waals surface area contributed by atoms with Gasteiger partial charge in [-0.2, -0.15) is 11.8 Å². The summed E-state index contributed by atoms with van der Waals surface area (Å²) in [7, 11) is 0. The van der Waals surface area contributed by atoms with Crippen LogP contribution in [0.5, 0.6) is 0 Å². The topological polar surface area (TPSA) is 32.3 Å². The van der Waals surface area contributed by atoms with Gasteiger partial charge in [0.1, 0.15) is 0 Å². The van der Waals surface area contributed by atoms with Gasteiger partial charge in [0.2, 0.25) is 5.91 Å². The number of hydrogen-bond donors (Lipinski definition) is 1. The minimum atomic E-state index is -2.72. The molecule has 1 atom stereocenters. The molecule has 0 aliphatic carbocycles. The molecule has 0 bridgehead atoms. The Balaban J connectivity index is 1.90. The van der Waals surface area contributed by atoms with Gasteiger partial charge in [-0.05, 0) is 0 Å². The van der Waals surface area contributed by atoms with Gasteiger partial charge in [-0.25, -0.2) is 8.78 Å². The van der Waals surface area contributed by atoms with Crippen molar-refractivity contribution in [3.63, 3.8) is 0 Å². The molecular weight excluding hydrogens is 222 g/mol. The van der Waals surface area contributed by atoms with Crippen LogP contribution in [0, 0.1) is 0 Å². The molecule has 2 saturated heterocycles. The Kier molecular flexibility index (Phi) is 3.16. The Morgan fingerprint density at radius 3 is 2.60 bits per heavy atom. The second-order valence-electron chi connectivity index (χ2n) is 3.93. The molecule has 0 aromatic heterocycles. The molecule has 0 spiro atoms. The lowest BCUT2D eigenvalue weighted by Gasteiger charge is -2.28. The summed E-state index contributed by atoms with van der Waals surface area (Å²) < 4.78 is 25.8. The fourth-order valence-corrected chi connectivity index (χ4v) is 2.80. The average Bonchev–Trinajstić information content (AvgIpc) is 2.59. The first-order valence-corrected chi connectivity index (χ1v) is 6.22. The van der Waals surface area contributed by atoms with E-state index in [4.69, 9.17) is 0 Å². The molecule has 0 saturated carbocycles. The summed E-state index contributed by atoms with van der Waals surface area (Å²) in [5.74, 6) is -1.05. The van der Waals surface area contributed by atoms with Crippen LogP contribution in [0.4, 0.5) is 8.78 Å². The summed E-state index contributed by atoms with van der Waals surface area (Å²) in [6, 6.07) is -0.678. The summed E-state index contributed by atoms with van der Waals surface area (Å²) >= 11 is 1.80. The van der Waals surface area contributed by atoms with Gasteiger partial charge in [-0.1, -0.05) is 0 Å². The van der Waals surface area contributed by atoms with Crippen LogP contribution in [-0.4, -0.2) is 53.9 Å². The molecule has 2 heterocycles. The van der Waals surface area contributed by atoms with Crippen molar-refractivity contribution >= 4 is 17.7 Å². The number of carbonyl (C=O) groups is 1. The van der Waals surface area contributed by atoms with Crippen molar-refractivity contribution in [1.82, 2.24) is 10.2 Å². The zero-order chi connectivity index (χ0) is 10.9. The minimum Gasteiger partial charge on any atom is -0.340 e. The monoisotopic (exact) mass is 236 g/mol. The highest BCUT2D eigenvalue weighted by atomic mass is 32.2. The Labute approximate surface area is 91.6 Å². The Bertz CT molecular complexity index is 256. The first kappa shape index (κ1) is 11.1. The molecule has 2 fully saturated rings. The van der Waals surface area contributed by atoms with E-state index in [9.17, 15) is 13.6 Å². The third-order valence-electron chi connectivity index (χ3n) is 2.73. The second-order valence-corrected chi connectivity index (χ2v) is 5.16. The van der Waals surface area contributed by atoms with Crippen LogP contribution >= 0.6 is 11.8 Å². The predicted molar refractivity (Wildman–Crippen MR) is 55.3 cm³/mol. The fourth-order valence-electron chi connectivity index (χ4n) is 1.89. The van der Waals surface area contributed by atoms with Crippen LogP contribution in [0.15, 0.2) is 0 Å². The van der Waals surface area contributed by atoms with Crippen LogP contribution in [0.2, 0.25) is 0 Å². The third-order valence-corrected chi connectivity index (χ3v) is 3.67. The van der Waals surface area contributed by atoms with Crippen LogP contribution in [0.25, 0.3) is 0 Å². The van der Waals surface area contributed by atoms with E-state index in [0.717, 1.165) is 11.5 Å². The smallest absolute Gasteiger partial charge is 0.262 e. The number of nitrogens with one attached hydrogen (secondary N) is 1. The van der Waals surface area contributed by atoms with Gasteiger partial charge in [-0.3, -0.25) is 10.1 Å². The number of hydrogen-bond acceptors (Lipinski definition) is 3. The molecule has 1 amide bonds. The number of halogens is 2. The lowest BCUT2D eigenvalue weighted by molar-refractivity contribution is -0.133. The van der Waals surface area contributed by atoms with Gasteiger partial charge in [-0.15, -0.1) is 0 Å². The summed E-state index contributed by atoms with van der Waals surface area (Å²) in [5, 5.41) is 2.60. The highest BCUT2D eigenvalue weighted by Crippen LogP contribution is 2.26. The average molecular weight is 236 g/mol. The maximum absolute atomic E-state index is 12.9. The number of rotatable bonds is 1. The predicted octanol–water partition coefficient (Wildman–Crippen LogP) is 0.559. The van der Waals surface area contributed by atoms with Crippen molar-refractivity contribution < 1.29 is 13.6 Å². The fraction of sp³-hybridized carbons (Fsp3) is 0.889. The van der Waals surface area contributed by atoms with Crippen LogP contribution in [0.1, 0.15) is 6.42 Å². The maximum Gasteiger partial charge on any atom is 0.262 e. The highest BCUT2D eigenvalue weighted by molar-refractivity contribution is 7.99. The molecule has 15 heavy (non-hydrogen) atoms. The molecule has 0 radical (unpaired) electrons. The SMILES string of the molecule is O=C([C@H]1CC(F)(F)CN1)N1CCSCC1. The van der Waals surface area contributed by atoms with Gasteiger partial charge in [0.05, 0.1) is 12.6 Å². The van der Waals surface area contributed by atoms with E-state index in [2.05, 4.69) is 5.32 Å². The standard InChI is InChI=1S/C9H14F2N2OS/c10-9(11)5-7(12-6-9)8(14)13-1-3-15-4-2-13/h7,12H,1-6H2/t7-/m1/s1. The van der Waals surface area contributed by atoms with Gasteiger partial charge in [0, 0.05) is 31.0 Å². The van der Waals surface area contributed by atoms with E-state index in [1.807, 2.05) is 0 Å². The van der Waals surface area contributed by atoms with Crippen molar-refractivity contribution in [1.29, 1.82) is 0 Å². The largest absolute Gasteiger partial charge is 0.340 e. The van der Waals surface area contributed by atoms with Crippen LogP contribution in [-0.2, 0) is 4.79 Å². The minimum absolute atomic E-state index is 0.160. The lowest BCUT2D eigenvalue weighted by Crippen LogP contribution is -2.46. The highest BCUT2D eigenvalue weighted by Gasteiger charge is 2.43. The molecule has 2 aliphatic heterocycles. The number of thioether (sulfide) groups is 1. The van der Waals surface area contributed by atoms with Gasteiger partial charge in [0.25, 0.3) is 5.92 Å². The third kappa shape index (κ3) is 2.60. The first-order chi connectivity index (χ1) is 7.08. The summed E-state index contributed by atoms with van der Waals surface area (Å²) in [6.07, 6.45) is -0.352. The number of amides is 1. The van der Waals surface area contributed by atoms with Gasteiger partial charge >= 0.3 is 0 Å². The molecule has 3 nitrogen and oxygen atoms in total. The van der Waals surface area contributed by atoms with E-state index < -0.39 is 12.0 Å². The summed E-state index contributed by atoms with van der Waals surface area (Å²) in [4.78, 5) is 13.5. The zero-order valence-corrected chi connectivity index (χ0v) is 9.16. The zero-order valence-electron chi connectivity index (χ0n) is 8.34. The molecule has 2 aliphatic rings. The molecule has 2 rings (SSSR count). The quantitative estimate of drug-likeness (QED) is 0.722. The lowest BCUT2D eigenvalue weighted by atomic mass is 10.1. The van der Waals surface area contributed by atoms with Gasteiger partial charge in [0.15, 0.2) is 0 Å². The Morgan fingerprint density at radius 2 is 2.07 bits per heavy atom. The number of carbonyl (C=O) groups excluding carboxylic acids is 1. The van der Waals surface area contributed by atoms with Crippen molar-refractivity contribution in [3.05, 3.63) is 0 Å². The van der Waals surface area contributed by atoms with E-state index in [1.165, 1.54) is 0 Å². The van der Waals surface area contributed by atoms with E-state index >= 15 is 0 Å². The molecule has 86 valence electrons. The molecule has 6 heteroatoms. The second kappa shape index (κ2) is 4.25. The molecule has 0 aromatic rings. The number of nitrogens with zero attached hydrogens (tertiary/aromatic N) is 1.